The largest absolute Gasteiger partial charge is 0.325 e. The fourth-order valence-corrected chi connectivity index (χ4v) is 4.01. The molecule has 2 heterocycles. The van der Waals surface area contributed by atoms with Crippen molar-refractivity contribution in [3.63, 3.8) is 0 Å². The van der Waals surface area contributed by atoms with E-state index >= 15 is 0 Å². The summed E-state index contributed by atoms with van der Waals surface area (Å²) in [4.78, 5) is 12.5. The van der Waals surface area contributed by atoms with Crippen molar-refractivity contribution in [1.82, 2.24) is 19.5 Å². The van der Waals surface area contributed by atoms with E-state index in [4.69, 9.17) is 0 Å². The van der Waals surface area contributed by atoms with Crippen LogP contribution in [0.25, 0.3) is 11.4 Å². The number of thioether (sulfide) groups is 1. The van der Waals surface area contributed by atoms with E-state index in [9.17, 15) is 4.79 Å². The molecule has 0 radical (unpaired) electrons. The third-order valence-electron chi connectivity index (χ3n) is 4.58. The van der Waals surface area contributed by atoms with Crippen LogP contribution in [0.5, 0.6) is 0 Å². The Hall–Kier alpha value is -3.32. The van der Waals surface area contributed by atoms with E-state index in [1.165, 1.54) is 17.3 Å². The summed E-state index contributed by atoms with van der Waals surface area (Å²) in [6.07, 6.45) is 3.86. The van der Waals surface area contributed by atoms with Crippen LogP contribution in [0.3, 0.4) is 0 Å². The molecule has 0 fully saturated rings. The normalized spacial score (nSPS) is 10.9. The number of benzene rings is 2. The number of carbonyl (C=O) groups excluding carboxylic acids is 1. The molecule has 1 N–H and O–H groups in total. The zero-order chi connectivity index (χ0) is 21.1. The fourth-order valence-electron chi connectivity index (χ4n) is 3.28. The molecule has 4 rings (SSSR count). The number of amides is 1. The Bertz CT molecular complexity index is 1140. The van der Waals surface area contributed by atoms with Gasteiger partial charge >= 0.3 is 0 Å². The Morgan fingerprint density at radius 3 is 2.27 bits per heavy atom. The summed E-state index contributed by atoms with van der Waals surface area (Å²) < 4.78 is 3.83. The standard InChI is InChI=1S/C23H23N5OS/c1-16-6-8-19(9-7-16)22-25-26-23(28(22)27-10-4-5-11-27)30-15-21(29)24-20-13-17(2)12-18(3)14-20/h4-14H,15H2,1-3H3,(H,24,29). The maximum atomic E-state index is 12.5. The van der Waals surface area contributed by atoms with Gasteiger partial charge in [0.2, 0.25) is 11.1 Å². The maximum absolute atomic E-state index is 12.5. The van der Waals surface area contributed by atoms with Crippen LogP contribution in [0.4, 0.5) is 5.69 Å². The molecule has 0 aliphatic heterocycles. The van der Waals surface area contributed by atoms with Crippen molar-refractivity contribution in [2.24, 2.45) is 0 Å². The summed E-state index contributed by atoms with van der Waals surface area (Å²) in [6, 6.07) is 18.1. The number of rotatable bonds is 6. The first kappa shape index (κ1) is 20.0. The maximum Gasteiger partial charge on any atom is 0.234 e. The van der Waals surface area contributed by atoms with Crippen LogP contribution < -0.4 is 5.32 Å². The molecular weight excluding hydrogens is 394 g/mol. The molecule has 0 saturated carbocycles. The van der Waals surface area contributed by atoms with E-state index in [0.29, 0.717) is 5.16 Å². The zero-order valence-electron chi connectivity index (χ0n) is 17.2. The lowest BCUT2D eigenvalue weighted by Gasteiger charge is -2.12. The van der Waals surface area contributed by atoms with Crippen LogP contribution in [0, 0.1) is 20.8 Å². The number of anilines is 1. The summed E-state index contributed by atoms with van der Waals surface area (Å²) in [6.45, 7) is 6.09. The fraction of sp³-hybridized carbons (Fsp3) is 0.174. The molecule has 6 nitrogen and oxygen atoms in total. The Morgan fingerprint density at radius 1 is 0.933 bits per heavy atom. The van der Waals surface area contributed by atoms with Gasteiger partial charge in [0, 0.05) is 23.6 Å². The van der Waals surface area contributed by atoms with Gasteiger partial charge in [0.05, 0.1) is 5.75 Å². The summed E-state index contributed by atoms with van der Waals surface area (Å²) in [5.74, 6) is 0.882. The molecule has 0 bridgehead atoms. The van der Waals surface area contributed by atoms with Crippen molar-refractivity contribution < 1.29 is 4.79 Å². The molecular formula is C23H23N5OS. The summed E-state index contributed by atoms with van der Waals surface area (Å²) in [5, 5.41) is 12.4. The lowest BCUT2D eigenvalue weighted by molar-refractivity contribution is -0.113. The van der Waals surface area contributed by atoms with Crippen molar-refractivity contribution in [2.45, 2.75) is 25.9 Å². The number of carbonyl (C=O) groups is 1. The van der Waals surface area contributed by atoms with Crippen LogP contribution in [0.2, 0.25) is 0 Å². The summed E-state index contributed by atoms with van der Waals surface area (Å²) >= 11 is 1.36. The molecule has 0 saturated heterocycles. The molecule has 7 heteroatoms. The Kier molecular flexibility index (Phi) is 5.72. The Labute approximate surface area is 179 Å². The van der Waals surface area contributed by atoms with Crippen molar-refractivity contribution in [2.75, 3.05) is 11.1 Å². The average Bonchev–Trinajstić information content (AvgIpc) is 3.35. The molecule has 0 atom stereocenters. The van der Waals surface area contributed by atoms with Gasteiger partial charge in [-0.25, -0.2) is 4.68 Å². The number of hydrogen-bond donors (Lipinski definition) is 1. The first-order valence-corrected chi connectivity index (χ1v) is 10.7. The minimum absolute atomic E-state index is 0.0797. The first-order valence-electron chi connectivity index (χ1n) is 9.66. The second kappa shape index (κ2) is 8.59. The number of aromatic nitrogens is 4. The molecule has 0 aliphatic carbocycles. The second-order valence-electron chi connectivity index (χ2n) is 7.26. The van der Waals surface area contributed by atoms with Gasteiger partial charge in [0.1, 0.15) is 0 Å². The van der Waals surface area contributed by atoms with Gasteiger partial charge in [-0.2, -0.15) is 0 Å². The third kappa shape index (κ3) is 4.46. The smallest absolute Gasteiger partial charge is 0.234 e. The Morgan fingerprint density at radius 2 is 1.60 bits per heavy atom. The minimum atomic E-state index is -0.0797. The quantitative estimate of drug-likeness (QED) is 0.461. The SMILES string of the molecule is Cc1ccc(-c2nnc(SCC(=O)Nc3cc(C)cc(C)c3)n2-n2cccc2)cc1. The molecule has 30 heavy (non-hydrogen) atoms. The summed E-state index contributed by atoms with van der Waals surface area (Å²) in [7, 11) is 0. The van der Waals surface area contributed by atoms with E-state index in [0.717, 1.165) is 28.2 Å². The lowest BCUT2D eigenvalue weighted by atomic mass is 10.1. The van der Waals surface area contributed by atoms with Crippen molar-refractivity contribution in [3.8, 4) is 11.4 Å². The van der Waals surface area contributed by atoms with Gasteiger partial charge in [0.15, 0.2) is 5.82 Å². The van der Waals surface area contributed by atoms with Crippen LogP contribution in [-0.4, -0.2) is 31.2 Å². The van der Waals surface area contributed by atoms with Gasteiger partial charge < -0.3 is 5.32 Å². The highest BCUT2D eigenvalue weighted by Crippen LogP contribution is 2.25. The molecule has 152 valence electrons. The Balaban J connectivity index is 1.55. The van der Waals surface area contributed by atoms with E-state index in [1.54, 1.807) is 0 Å². The average molecular weight is 418 g/mol. The van der Waals surface area contributed by atoms with Gasteiger partial charge in [-0.15, -0.1) is 10.2 Å². The topological polar surface area (TPSA) is 64.7 Å². The third-order valence-corrected chi connectivity index (χ3v) is 5.50. The van der Waals surface area contributed by atoms with Crippen molar-refractivity contribution in [1.29, 1.82) is 0 Å². The molecule has 1 amide bonds. The van der Waals surface area contributed by atoms with Gasteiger partial charge in [0.25, 0.3) is 0 Å². The second-order valence-corrected chi connectivity index (χ2v) is 8.20. The molecule has 4 aromatic rings. The first-order chi connectivity index (χ1) is 14.5. The molecule has 0 unspecified atom stereocenters. The van der Waals surface area contributed by atoms with Crippen molar-refractivity contribution >= 4 is 23.4 Å². The number of hydrogen-bond acceptors (Lipinski definition) is 4. The van der Waals surface area contributed by atoms with Crippen LogP contribution >= 0.6 is 11.8 Å². The van der Waals surface area contributed by atoms with Crippen LogP contribution in [0.1, 0.15) is 16.7 Å². The van der Waals surface area contributed by atoms with Crippen molar-refractivity contribution in [3.05, 3.63) is 83.7 Å². The highest BCUT2D eigenvalue weighted by molar-refractivity contribution is 7.99. The monoisotopic (exact) mass is 417 g/mol. The highest BCUT2D eigenvalue weighted by Gasteiger charge is 2.17. The predicted molar refractivity (Wildman–Crippen MR) is 121 cm³/mol. The molecule has 0 aliphatic rings. The van der Waals surface area contributed by atoms with Gasteiger partial charge in [-0.1, -0.05) is 47.7 Å². The van der Waals surface area contributed by atoms with Crippen LogP contribution in [0.15, 0.2) is 72.1 Å². The number of nitrogens with one attached hydrogen (secondary N) is 1. The molecule has 0 spiro atoms. The predicted octanol–water partition coefficient (Wildman–Crippen LogP) is 4.71. The van der Waals surface area contributed by atoms with E-state index < -0.39 is 0 Å². The van der Waals surface area contributed by atoms with E-state index in [1.807, 2.05) is 84.1 Å². The van der Waals surface area contributed by atoms with Gasteiger partial charge in [-0.05, 0) is 56.2 Å². The zero-order valence-corrected chi connectivity index (χ0v) is 18.0. The molecule has 2 aromatic heterocycles. The lowest BCUT2D eigenvalue weighted by Crippen LogP contribution is -2.16. The minimum Gasteiger partial charge on any atom is -0.325 e. The highest BCUT2D eigenvalue weighted by atomic mass is 32.2. The van der Waals surface area contributed by atoms with E-state index in [2.05, 4.69) is 28.5 Å². The van der Waals surface area contributed by atoms with Crippen LogP contribution in [-0.2, 0) is 4.79 Å². The number of nitrogens with zero attached hydrogens (tertiary/aromatic N) is 4. The summed E-state index contributed by atoms with van der Waals surface area (Å²) in [5.41, 5.74) is 5.20. The molecule has 2 aromatic carbocycles. The number of aryl methyl sites for hydroxylation is 3. The van der Waals surface area contributed by atoms with Gasteiger partial charge in [-0.3, -0.25) is 9.47 Å². The van der Waals surface area contributed by atoms with E-state index in [-0.39, 0.29) is 11.7 Å².